The molecule has 2 aromatic heterocycles. The highest BCUT2D eigenvalue weighted by molar-refractivity contribution is 5.94. The second-order valence-corrected chi connectivity index (χ2v) is 7.80. The van der Waals surface area contributed by atoms with Crippen molar-refractivity contribution in [2.24, 2.45) is 0 Å². The molecule has 9 nitrogen and oxygen atoms in total. The summed E-state index contributed by atoms with van der Waals surface area (Å²) in [5.74, 6) is -0.105. The molecule has 0 radical (unpaired) electrons. The van der Waals surface area contributed by atoms with E-state index in [4.69, 9.17) is 10.5 Å². The minimum absolute atomic E-state index is 0.0253. The van der Waals surface area contributed by atoms with Crippen molar-refractivity contribution in [3.05, 3.63) is 52.8 Å². The van der Waals surface area contributed by atoms with Gasteiger partial charge in [-0.25, -0.2) is 4.79 Å². The Kier molecular flexibility index (Phi) is 5.43. The van der Waals surface area contributed by atoms with Crippen LogP contribution in [0.3, 0.4) is 0 Å². The molecule has 0 saturated heterocycles. The van der Waals surface area contributed by atoms with Crippen molar-refractivity contribution < 1.29 is 9.53 Å². The number of carbonyl (C=O) groups excluding carboxylic acids is 1. The highest BCUT2D eigenvalue weighted by atomic mass is 16.6. The maximum absolute atomic E-state index is 12.4. The van der Waals surface area contributed by atoms with Gasteiger partial charge in [-0.05, 0) is 45.7 Å². The Morgan fingerprint density at radius 2 is 1.90 bits per heavy atom. The number of nitrogens with one attached hydrogen (secondary N) is 1. The van der Waals surface area contributed by atoms with Gasteiger partial charge in [0.05, 0.1) is 6.20 Å². The Morgan fingerprint density at radius 1 is 1.23 bits per heavy atom. The molecule has 0 bridgehead atoms. The average molecular weight is 405 g/mol. The third-order valence-corrected chi connectivity index (χ3v) is 4.18. The molecule has 0 spiro atoms. The van der Waals surface area contributed by atoms with E-state index in [0.29, 0.717) is 5.82 Å². The number of carbonyl (C=O) groups is 1. The number of hydrogen-bond acceptors (Lipinski definition) is 8. The molecule has 9 heteroatoms. The average Bonchev–Trinajstić information content (AvgIpc) is 3.05. The van der Waals surface area contributed by atoms with Crippen LogP contribution in [0.5, 0.6) is 0 Å². The molecule has 0 unspecified atom stereocenters. The second-order valence-electron chi connectivity index (χ2n) is 7.80. The van der Waals surface area contributed by atoms with E-state index in [1.165, 1.54) is 16.9 Å². The second kappa shape index (κ2) is 7.83. The summed E-state index contributed by atoms with van der Waals surface area (Å²) in [4.78, 5) is 21.0. The summed E-state index contributed by atoms with van der Waals surface area (Å²) in [6.45, 7) is 9.23. The van der Waals surface area contributed by atoms with Gasteiger partial charge in [-0.2, -0.15) is 25.0 Å². The number of aromatic nitrogens is 4. The predicted molar refractivity (Wildman–Crippen MR) is 113 cm³/mol. The van der Waals surface area contributed by atoms with E-state index in [9.17, 15) is 10.1 Å². The molecule has 0 aliphatic rings. The van der Waals surface area contributed by atoms with Gasteiger partial charge < -0.3 is 15.8 Å². The van der Waals surface area contributed by atoms with Gasteiger partial charge in [0, 0.05) is 11.8 Å². The monoisotopic (exact) mass is 405 g/mol. The van der Waals surface area contributed by atoms with Gasteiger partial charge in [0.25, 0.3) is 5.95 Å². The van der Waals surface area contributed by atoms with E-state index in [2.05, 4.69) is 20.4 Å². The van der Waals surface area contributed by atoms with Gasteiger partial charge >= 0.3 is 5.97 Å². The van der Waals surface area contributed by atoms with Crippen LogP contribution in [0.25, 0.3) is 5.95 Å². The minimum atomic E-state index is -0.675. The summed E-state index contributed by atoms with van der Waals surface area (Å²) >= 11 is 0. The first-order valence-corrected chi connectivity index (χ1v) is 9.28. The van der Waals surface area contributed by atoms with Crippen LogP contribution in [-0.2, 0) is 4.74 Å². The molecule has 3 aromatic rings. The first-order valence-electron chi connectivity index (χ1n) is 9.28. The third-order valence-electron chi connectivity index (χ3n) is 4.18. The zero-order chi connectivity index (χ0) is 22.1. The number of nitrogens with zero attached hydrogens (tertiary/aromatic N) is 5. The lowest BCUT2D eigenvalue weighted by Gasteiger charge is -2.19. The number of para-hydroxylation sites is 1. The molecule has 3 N–H and O–H groups in total. The predicted octanol–water partition coefficient (Wildman–Crippen LogP) is 3.43. The maximum atomic E-state index is 12.4. The number of rotatable bonds is 4. The topological polar surface area (TPSA) is 132 Å². The van der Waals surface area contributed by atoms with Crippen molar-refractivity contribution in [1.82, 2.24) is 19.7 Å². The molecule has 2 heterocycles. The largest absolute Gasteiger partial charge is 0.456 e. The Labute approximate surface area is 174 Å². The van der Waals surface area contributed by atoms with Crippen molar-refractivity contribution in [2.75, 3.05) is 11.1 Å². The lowest BCUT2D eigenvalue weighted by atomic mass is 10.1. The molecule has 3 rings (SSSR count). The number of anilines is 3. The smallest absolute Gasteiger partial charge is 0.344 e. The Morgan fingerprint density at radius 3 is 2.50 bits per heavy atom. The van der Waals surface area contributed by atoms with Crippen LogP contribution in [0, 0.1) is 25.2 Å². The zero-order valence-corrected chi connectivity index (χ0v) is 17.5. The molecule has 0 aliphatic carbocycles. The Hall–Kier alpha value is -3.93. The number of hydrogen-bond donors (Lipinski definition) is 2. The summed E-state index contributed by atoms with van der Waals surface area (Å²) in [5.41, 5.74) is 8.60. The van der Waals surface area contributed by atoms with Crippen molar-refractivity contribution >= 4 is 23.3 Å². The normalized spacial score (nSPS) is 11.1. The highest BCUT2D eigenvalue weighted by Crippen LogP contribution is 2.25. The van der Waals surface area contributed by atoms with E-state index >= 15 is 0 Å². The van der Waals surface area contributed by atoms with Crippen LogP contribution in [0.1, 0.15) is 48.0 Å². The van der Waals surface area contributed by atoms with E-state index < -0.39 is 11.6 Å². The maximum Gasteiger partial charge on any atom is 0.344 e. The van der Waals surface area contributed by atoms with Gasteiger partial charge in [0.15, 0.2) is 0 Å². The quantitative estimate of drug-likeness (QED) is 0.631. The minimum Gasteiger partial charge on any atom is -0.456 e. The fourth-order valence-electron chi connectivity index (χ4n) is 2.80. The Balaban J connectivity index is 2.01. The fourth-order valence-corrected chi connectivity index (χ4v) is 2.80. The summed E-state index contributed by atoms with van der Waals surface area (Å²) in [6.07, 6.45) is 1.30. The van der Waals surface area contributed by atoms with Crippen molar-refractivity contribution in [1.29, 1.82) is 5.26 Å². The van der Waals surface area contributed by atoms with Crippen LogP contribution in [-0.4, -0.2) is 31.3 Å². The standard InChI is InChI=1S/C21H23N7O2/c1-12-7-6-8-13(2)17(12)26-16-9-14(10-22)25-20(27-16)28-18(23)15(11-24-28)19(29)30-21(3,4)5/h6-9,11H,23H2,1-5H3,(H,25,26,27). The van der Waals surface area contributed by atoms with Gasteiger partial charge in [0.1, 0.15) is 34.6 Å². The molecule has 0 atom stereocenters. The number of nitrogens with two attached hydrogens (primary N) is 1. The molecule has 0 saturated carbocycles. The number of ether oxygens (including phenoxy) is 1. The lowest BCUT2D eigenvalue weighted by molar-refractivity contribution is 0.00708. The van der Waals surface area contributed by atoms with Gasteiger partial charge in [-0.3, -0.25) is 0 Å². The highest BCUT2D eigenvalue weighted by Gasteiger charge is 2.24. The summed E-state index contributed by atoms with van der Waals surface area (Å²) < 4.78 is 6.55. The van der Waals surface area contributed by atoms with Crippen LogP contribution in [0.2, 0.25) is 0 Å². The summed E-state index contributed by atoms with van der Waals surface area (Å²) in [6, 6.07) is 9.45. The number of esters is 1. The molecule has 1 aromatic carbocycles. The van der Waals surface area contributed by atoms with Crippen LogP contribution >= 0.6 is 0 Å². The van der Waals surface area contributed by atoms with E-state index in [1.54, 1.807) is 20.8 Å². The van der Waals surface area contributed by atoms with Crippen LogP contribution < -0.4 is 11.1 Å². The van der Waals surface area contributed by atoms with E-state index in [-0.39, 0.29) is 23.0 Å². The summed E-state index contributed by atoms with van der Waals surface area (Å²) in [5, 5.41) is 16.7. The fraction of sp³-hybridized carbons (Fsp3) is 0.286. The lowest BCUT2D eigenvalue weighted by Crippen LogP contribution is -2.24. The third kappa shape index (κ3) is 4.38. The van der Waals surface area contributed by atoms with E-state index in [1.807, 2.05) is 38.1 Å². The van der Waals surface area contributed by atoms with Crippen LogP contribution in [0.4, 0.5) is 17.3 Å². The number of nitrogen functional groups attached to an aromatic ring is 1. The molecule has 30 heavy (non-hydrogen) atoms. The number of benzene rings is 1. The first kappa shape index (κ1) is 20.8. The summed E-state index contributed by atoms with van der Waals surface area (Å²) in [7, 11) is 0. The molecule has 0 aliphatic heterocycles. The first-order chi connectivity index (χ1) is 14.1. The number of aryl methyl sites for hydroxylation is 2. The van der Waals surface area contributed by atoms with Gasteiger partial charge in [-0.15, -0.1) is 0 Å². The van der Waals surface area contributed by atoms with Crippen molar-refractivity contribution in [2.45, 2.75) is 40.2 Å². The Bertz CT molecular complexity index is 1130. The molecule has 0 amide bonds. The van der Waals surface area contributed by atoms with E-state index in [0.717, 1.165) is 16.8 Å². The zero-order valence-electron chi connectivity index (χ0n) is 17.5. The number of nitriles is 1. The molecular formula is C21H23N7O2. The van der Waals surface area contributed by atoms with Gasteiger partial charge in [0.2, 0.25) is 0 Å². The van der Waals surface area contributed by atoms with Crippen LogP contribution in [0.15, 0.2) is 30.5 Å². The van der Waals surface area contributed by atoms with Gasteiger partial charge in [-0.1, -0.05) is 18.2 Å². The van der Waals surface area contributed by atoms with Crippen molar-refractivity contribution in [3.63, 3.8) is 0 Å². The molecular weight excluding hydrogens is 382 g/mol. The SMILES string of the molecule is Cc1cccc(C)c1Nc1cc(C#N)nc(-n2ncc(C(=O)OC(C)(C)C)c2N)n1. The molecule has 154 valence electrons. The molecule has 0 fully saturated rings. The van der Waals surface area contributed by atoms with Crippen molar-refractivity contribution in [3.8, 4) is 12.0 Å².